The molecule has 0 aliphatic carbocycles. The van der Waals surface area contributed by atoms with Crippen LogP contribution >= 0.6 is 0 Å². The smallest absolute Gasteiger partial charge is 0.269 e. The number of nitrogens with zero attached hydrogens (tertiary/aromatic N) is 3. The number of primary sulfonamides is 1. The Morgan fingerprint density at radius 3 is 2.55 bits per heavy atom. The van der Waals surface area contributed by atoms with Crippen molar-refractivity contribution in [2.75, 3.05) is 18.5 Å². The van der Waals surface area contributed by atoms with Crippen LogP contribution in [0.2, 0.25) is 0 Å². The van der Waals surface area contributed by atoms with Gasteiger partial charge in [0, 0.05) is 48.6 Å². The van der Waals surface area contributed by atoms with Gasteiger partial charge in [-0.05, 0) is 79.5 Å². The maximum absolute atomic E-state index is 15.7. The SMILES string of the molecule is CNCc1cc(-c2ccc(N3CCCc4ccc(S(N)(=O)=O)cc43)cc2F)n(S(=O)(=O)c2cccnc2)c1. The molecule has 5 rings (SSSR count). The Morgan fingerprint density at radius 1 is 1.05 bits per heavy atom. The van der Waals surface area contributed by atoms with Crippen LogP contribution in [0.5, 0.6) is 0 Å². The molecule has 38 heavy (non-hydrogen) atoms. The molecule has 3 heterocycles. The van der Waals surface area contributed by atoms with Crippen LogP contribution < -0.4 is 15.4 Å². The van der Waals surface area contributed by atoms with Gasteiger partial charge >= 0.3 is 0 Å². The number of hydrogen-bond acceptors (Lipinski definition) is 7. The number of rotatable bonds is 7. The van der Waals surface area contributed by atoms with Crippen LogP contribution in [0.25, 0.3) is 11.3 Å². The standard InChI is InChI=1S/C26H26FN5O4S2/c1-29-15-18-12-26(32(17-18)38(35,36)22-5-2-10-30-16-22)23-9-7-20(13-24(23)27)31-11-3-4-19-6-8-21(14-25(19)31)37(28,33)34/h2,5-10,12-14,16-17,29H,3-4,11,15H2,1H3,(H2,28,33,34). The van der Waals surface area contributed by atoms with Crippen molar-refractivity contribution in [1.29, 1.82) is 0 Å². The molecule has 3 N–H and O–H groups in total. The van der Waals surface area contributed by atoms with Crippen LogP contribution in [0, 0.1) is 5.82 Å². The highest BCUT2D eigenvalue weighted by Gasteiger charge is 2.25. The zero-order valence-electron chi connectivity index (χ0n) is 20.5. The highest BCUT2D eigenvalue weighted by Crippen LogP contribution is 2.37. The Bertz CT molecular complexity index is 1720. The summed E-state index contributed by atoms with van der Waals surface area (Å²) in [5.41, 5.74) is 3.05. The van der Waals surface area contributed by atoms with Crippen molar-refractivity contribution in [2.45, 2.75) is 29.2 Å². The van der Waals surface area contributed by atoms with Crippen LogP contribution in [0.1, 0.15) is 17.5 Å². The molecule has 2 aromatic heterocycles. The minimum absolute atomic E-state index is 0.0135. The largest absolute Gasteiger partial charge is 0.341 e. The molecule has 2 aromatic carbocycles. The zero-order valence-corrected chi connectivity index (χ0v) is 22.1. The number of benzene rings is 2. The highest BCUT2D eigenvalue weighted by atomic mass is 32.2. The molecule has 9 nitrogen and oxygen atoms in total. The number of aromatic nitrogens is 2. The number of pyridine rings is 1. The van der Waals surface area contributed by atoms with Gasteiger partial charge in [-0.3, -0.25) is 4.98 Å². The molecule has 0 fully saturated rings. The van der Waals surface area contributed by atoms with Crippen molar-refractivity contribution >= 4 is 31.4 Å². The predicted molar refractivity (Wildman–Crippen MR) is 143 cm³/mol. The topological polar surface area (TPSA) is 127 Å². The molecular formula is C26H26FN5O4S2. The minimum atomic E-state index is -4.04. The van der Waals surface area contributed by atoms with Crippen LogP contribution in [0.15, 0.2) is 83.0 Å². The van der Waals surface area contributed by atoms with Crippen molar-refractivity contribution in [3.63, 3.8) is 0 Å². The van der Waals surface area contributed by atoms with Crippen molar-refractivity contribution < 1.29 is 21.2 Å². The first-order chi connectivity index (χ1) is 18.1. The molecule has 0 unspecified atom stereocenters. The zero-order chi connectivity index (χ0) is 27.1. The number of hydrogen-bond donors (Lipinski definition) is 2. The Kier molecular flexibility index (Phi) is 6.82. The first-order valence-corrected chi connectivity index (χ1v) is 14.8. The van der Waals surface area contributed by atoms with Crippen LogP contribution in [0.4, 0.5) is 15.8 Å². The number of nitrogens with one attached hydrogen (secondary N) is 1. The number of anilines is 2. The number of halogens is 1. The lowest BCUT2D eigenvalue weighted by molar-refractivity contribution is 0.586. The summed E-state index contributed by atoms with van der Waals surface area (Å²) in [6.07, 6.45) is 5.75. The van der Waals surface area contributed by atoms with Gasteiger partial charge in [0.05, 0.1) is 10.6 Å². The van der Waals surface area contributed by atoms with E-state index in [1.807, 2.05) is 4.90 Å². The number of aryl methyl sites for hydroxylation is 1. The van der Waals surface area contributed by atoms with E-state index in [1.54, 1.807) is 25.2 Å². The van der Waals surface area contributed by atoms with Gasteiger partial charge in [-0.1, -0.05) is 6.07 Å². The normalized spacial score (nSPS) is 13.9. The third-order valence-corrected chi connectivity index (χ3v) is 9.03. The van der Waals surface area contributed by atoms with Crippen molar-refractivity contribution in [2.24, 2.45) is 5.14 Å². The summed E-state index contributed by atoms with van der Waals surface area (Å²) in [5.74, 6) is -0.617. The summed E-state index contributed by atoms with van der Waals surface area (Å²) in [7, 11) is -6.21. The quantitative estimate of drug-likeness (QED) is 0.358. The fourth-order valence-electron chi connectivity index (χ4n) is 4.69. The Hall–Kier alpha value is -3.58. The summed E-state index contributed by atoms with van der Waals surface area (Å²) in [6, 6.07) is 13.9. The second-order valence-corrected chi connectivity index (χ2v) is 12.4. The lowest BCUT2D eigenvalue weighted by atomic mass is 10.0. The maximum Gasteiger partial charge on any atom is 0.269 e. The van der Waals surface area contributed by atoms with E-state index in [0.29, 0.717) is 30.0 Å². The maximum atomic E-state index is 15.7. The van der Waals surface area contributed by atoms with Crippen molar-refractivity contribution in [3.05, 3.63) is 90.1 Å². The summed E-state index contributed by atoms with van der Waals surface area (Å²) < 4.78 is 67.5. The molecule has 4 aromatic rings. The molecule has 0 atom stereocenters. The summed E-state index contributed by atoms with van der Waals surface area (Å²) >= 11 is 0. The van der Waals surface area contributed by atoms with Gasteiger partial charge in [-0.15, -0.1) is 0 Å². The second kappa shape index (κ2) is 9.95. The number of nitrogens with two attached hydrogens (primary N) is 1. The van der Waals surface area contributed by atoms with Crippen LogP contribution in [0.3, 0.4) is 0 Å². The molecule has 0 radical (unpaired) electrons. The highest BCUT2D eigenvalue weighted by molar-refractivity contribution is 7.90. The summed E-state index contributed by atoms with van der Waals surface area (Å²) in [5, 5.41) is 8.32. The van der Waals surface area contributed by atoms with E-state index in [2.05, 4.69) is 10.3 Å². The van der Waals surface area contributed by atoms with E-state index < -0.39 is 25.9 Å². The van der Waals surface area contributed by atoms with Gasteiger partial charge in [0.2, 0.25) is 10.0 Å². The van der Waals surface area contributed by atoms with Gasteiger partial charge < -0.3 is 10.2 Å². The third kappa shape index (κ3) is 4.83. The Morgan fingerprint density at radius 2 is 1.87 bits per heavy atom. The first-order valence-electron chi connectivity index (χ1n) is 11.8. The van der Waals surface area contributed by atoms with E-state index >= 15 is 4.39 Å². The molecule has 0 saturated heterocycles. The minimum Gasteiger partial charge on any atom is -0.341 e. The molecule has 1 aliphatic heterocycles. The predicted octanol–water partition coefficient (Wildman–Crippen LogP) is 3.38. The van der Waals surface area contributed by atoms with Crippen LogP contribution in [-0.2, 0) is 33.0 Å². The van der Waals surface area contributed by atoms with Crippen molar-refractivity contribution in [3.8, 4) is 11.3 Å². The van der Waals surface area contributed by atoms with Gasteiger partial charge in [-0.2, -0.15) is 0 Å². The van der Waals surface area contributed by atoms with Gasteiger partial charge in [0.15, 0.2) is 0 Å². The van der Waals surface area contributed by atoms with Crippen molar-refractivity contribution in [1.82, 2.24) is 14.3 Å². The van der Waals surface area contributed by atoms with Gasteiger partial charge in [0.25, 0.3) is 10.0 Å². The molecule has 1 aliphatic rings. The third-order valence-electron chi connectivity index (χ3n) is 6.46. The van der Waals surface area contributed by atoms with E-state index in [1.165, 1.54) is 55.0 Å². The fraction of sp³-hybridized carbons (Fsp3) is 0.192. The first kappa shape index (κ1) is 26.0. The molecule has 0 bridgehead atoms. The fourth-order valence-corrected chi connectivity index (χ4v) is 6.57. The molecule has 0 amide bonds. The average Bonchev–Trinajstić information content (AvgIpc) is 3.32. The van der Waals surface area contributed by atoms with Gasteiger partial charge in [-0.25, -0.2) is 30.3 Å². The Labute approximate surface area is 220 Å². The number of fused-ring (bicyclic) bond motifs is 1. The lowest BCUT2D eigenvalue weighted by Gasteiger charge is -2.32. The lowest BCUT2D eigenvalue weighted by Crippen LogP contribution is -2.25. The molecule has 12 heteroatoms. The summed E-state index contributed by atoms with van der Waals surface area (Å²) in [4.78, 5) is 5.73. The summed E-state index contributed by atoms with van der Waals surface area (Å²) in [6.45, 7) is 0.942. The average molecular weight is 556 g/mol. The van der Waals surface area contributed by atoms with Gasteiger partial charge in [0.1, 0.15) is 10.7 Å². The second-order valence-electron chi connectivity index (χ2n) is 9.01. The van der Waals surface area contributed by atoms with E-state index in [0.717, 1.165) is 22.4 Å². The van der Waals surface area contributed by atoms with Crippen LogP contribution in [-0.4, -0.2) is 39.4 Å². The molecule has 0 saturated carbocycles. The van der Waals surface area contributed by atoms with E-state index in [4.69, 9.17) is 5.14 Å². The van der Waals surface area contributed by atoms with E-state index in [-0.39, 0.29) is 21.0 Å². The molecular weight excluding hydrogens is 529 g/mol. The Balaban J connectivity index is 1.59. The van der Waals surface area contributed by atoms with E-state index in [9.17, 15) is 16.8 Å². The molecule has 198 valence electrons. The monoisotopic (exact) mass is 555 g/mol. The number of sulfonamides is 1. The molecule has 0 spiro atoms.